The number of likely N-dealkylation sites (tertiary alicyclic amines) is 1. The monoisotopic (exact) mass is 390 g/mol. The Morgan fingerprint density at radius 3 is 2.19 bits per heavy atom. The van der Waals surface area contributed by atoms with Gasteiger partial charge in [0.25, 0.3) is 0 Å². The number of amides is 1. The van der Waals surface area contributed by atoms with Gasteiger partial charge in [-0.2, -0.15) is 0 Å². The standard InChI is InChI=1S/C20H23FN2O3S/c21-18-8-3-17(4-9-18)15-27(25,26)22-19-10-5-16(6-11-19)7-12-20(24)23-13-1-2-14-23/h3-6,8-11,22H,1-2,7,12-15H2. The summed E-state index contributed by atoms with van der Waals surface area (Å²) in [4.78, 5) is 14.0. The van der Waals surface area contributed by atoms with Crippen molar-refractivity contribution in [3.63, 3.8) is 0 Å². The number of rotatable bonds is 7. The average Bonchev–Trinajstić information content (AvgIpc) is 3.17. The molecule has 1 amide bonds. The van der Waals surface area contributed by atoms with Crippen LogP contribution in [0.3, 0.4) is 0 Å². The van der Waals surface area contributed by atoms with E-state index in [9.17, 15) is 17.6 Å². The van der Waals surface area contributed by atoms with Crippen LogP contribution in [0, 0.1) is 5.82 Å². The third-order valence-electron chi connectivity index (χ3n) is 4.58. The first-order valence-electron chi connectivity index (χ1n) is 9.03. The molecule has 0 unspecified atom stereocenters. The lowest BCUT2D eigenvalue weighted by Gasteiger charge is -2.15. The first-order chi connectivity index (χ1) is 12.9. The molecule has 1 fully saturated rings. The van der Waals surface area contributed by atoms with Crippen molar-refractivity contribution in [2.75, 3.05) is 17.8 Å². The maximum atomic E-state index is 12.9. The van der Waals surface area contributed by atoms with Crippen LogP contribution in [0.25, 0.3) is 0 Å². The largest absolute Gasteiger partial charge is 0.343 e. The van der Waals surface area contributed by atoms with Gasteiger partial charge in [-0.05, 0) is 54.7 Å². The van der Waals surface area contributed by atoms with Crippen LogP contribution >= 0.6 is 0 Å². The summed E-state index contributed by atoms with van der Waals surface area (Å²) in [6, 6.07) is 12.4. The zero-order chi connectivity index (χ0) is 19.3. The van der Waals surface area contributed by atoms with Gasteiger partial charge in [0.05, 0.1) is 5.75 Å². The van der Waals surface area contributed by atoms with Gasteiger partial charge in [-0.25, -0.2) is 12.8 Å². The van der Waals surface area contributed by atoms with Gasteiger partial charge in [0.1, 0.15) is 5.82 Å². The number of nitrogens with one attached hydrogen (secondary N) is 1. The summed E-state index contributed by atoms with van der Waals surface area (Å²) in [6.07, 6.45) is 3.27. The van der Waals surface area contributed by atoms with Gasteiger partial charge in [-0.15, -0.1) is 0 Å². The lowest BCUT2D eigenvalue weighted by atomic mass is 10.1. The second-order valence-electron chi connectivity index (χ2n) is 6.77. The van der Waals surface area contributed by atoms with Gasteiger partial charge < -0.3 is 4.90 Å². The van der Waals surface area contributed by atoms with Gasteiger partial charge in [0.2, 0.25) is 15.9 Å². The van der Waals surface area contributed by atoms with Crippen molar-refractivity contribution in [2.45, 2.75) is 31.4 Å². The number of halogens is 1. The zero-order valence-corrected chi connectivity index (χ0v) is 15.8. The zero-order valence-electron chi connectivity index (χ0n) is 15.0. The van der Waals surface area contributed by atoms with Crippen molar-refractivity contribution in [1.29, 1.82) is 0 Å². The molecular weight excluding hydrogens is 367 g/mol. The Kier molecular flexibility index (Phi) is 6.11. The summed E-state index contributed by atoms with van der Waals surface area (Å²) < 4.78 is 39.9. The van der Waals surface area contributed by atoms with Crippen LogP contribution in [0.15, 0.2) is 48.5 Å². The van der Waals surface area contributed by atoms with E-state index in [0.29, 0.717) is 24.1 Å². The molecular formula is C20H23FN2O3S. The van der Waals surface area contributed by atoms with E-state index in [1.165, 1.54) is 24.3 Å². The number of carbonyl (C=O) groups is 1. The molecule has 1 N–H and O–H groups in total. The van der Waals surface area contributed by atoms with E-state index in [1.807, 2.05) is 17.0 Å². The minimum Gasteiger partial charge on any atom is -0.343 e. The van der Waals surface area contributed by atoms with Crippen LogP contribution in [0.2, 0.25) is 0 Å². The number of hydrogen-bond donors (Lipinski definition) is 1. The maximum Gasteiger partial charge on any atom is 0.236 e. The summed E-state index contributed by atoms with van der Waals surface area (Å²) in [5, 5.41) is 0. The van der Waals surface area contributed by atoms with Crippen molar-refractivity contribution in [2.24, 2.45) is 0 Å². The number of benzene rings is 2. The van der Waals surface area contributed by atoms with Gasteiger partial charge in [-0.1, -0.05) is 24.3 Å². The highest BCUT2D eigenvalue weighted by molar-refractivity contribution is 7.91. The molecule has 0 bridgehead atoms. The van der Waals surface area contributed by atoms with Crippen LogP contribution in [-0.4, -0.2) is 32.3 Å². The Hall–Kier alpha value is -2.41. The quantitative estimate of drug-likeness (QED) is 0.789. The fourth-order valence-electron chi connectivity index (χ4n) is 3.13. The molecule has 0 aromatic heterocycles. The Morgan fingerprint density at radius 1 is 0.963 bits per heavy atom. The number of carbonyl (C=O) groups excluding carboxylic acids is 1. The Labute approximate surface area is 159 Å². The van der Waals surface area contributed by atoms with Crippen LogP contribution in [-0.2, 0) is 27.0 Å². The fraction of sp³-hybridized carbons (Fsp3) is 0.350. The predicted molar refractivity (Wildman–Crippen MR) is 103 cm³/mol. The third kappa shape index (κ3) is 5.79. The predicted octanol–water partition coefficient (Wildman–Crippen LogP) is 3.32. The lowest BCUT2D eigenvalue weighted by molar-refractivity contribution is -0.130. The van der Waals surface area contributed by atoms with E-state index >= 15 is 0 Å². The van der Waals surface area contributed by atoms with E-state index in [-0.39, 0.29) is 11.7 Å². The minimum atomic E-state index is -3.58. The molecule has 1 saturated heterocycles. The molecule has 3 rings (SSSR count). The summed E-state index contributed by atoms with van der Waals surface area (Å²) in [6.45, 7) is 1.71. The molecule has 1 aliphatic heterocycles. The molecule has 2 aromatic rings. The topological polar surface area (TPSA) is 66.5 Å². The number of hydrogen-bond acceptors (Lipinski definition) is 3. The first kappa shape index (κ1) is 19.4. The second-order valence-corrected chi connectivity index (χ2v) is 8.49. The van der Waals surface area contributed by atoms with Crippen LogP contribution in [0.5, 0.6) is 0 Å². The van der Waals surface area contributed by atoms with Crippen molar-refractivity contribution < 1.29 is 17.6 Å². The van der Waals surface area contributed by atoms with E-state index in [1.54, 1.807) is 12.1 Å². The van der Waals surface area contributed by atoms with E-state index in [2.05, 4.69) is 4.72 Å². The molecule has 27 heavy (non-hydrogen) atoms. The number of nitrogens with zero attached hydrogens (tertiary/aromatic N) is 1. The van der Waals surface area contributed by atoms with Gasteiger partial charge in [0.15, 0.2) is 0 Å². The van der Waals surface area contributed by atoms with Gasteiger partial charge in [0, 0.05) is 25.2 Å². The van der Waals surface area contributed by atoms with Crippen molar-refractivity contribution >= 4 is 21.6 Å². The molecule has 1 aliphatic rings. The normalized spacial score (nSPS) is 14.3. The highest BCUT2D eigenvalue weighted by atomic mass is 32.2. The summed E-state index contributed by atoms with van der Waals surface area (Å²) >= 11 is 0. The van der Waals surface area contributed by atoms with E-state index < -0.39 is 15.8 Å². The van der Waals surface area contributed by atoms with Gasteiger partial charge >= 0.3 is 0 Å². The molecule has 2 aromatic carbocycles. The minimum absolute atomic E-state index is 0.177. The highest BCUT2D eigenvalue weighted by Gasteiger charge is 2.17. The molecule has 1 heterocycles. The highest BCUT2D eigenvalue weighted by Crippen LogP contribution is 2.16. The van der Waals surface area contributed by atoms with Crippen molar-refractivity contribution in [3.05, 3.63) is 65.5 Å². The average molecular weight is 390 g/mol. The smallest absolute Gasteiger partial charge is 0.236 e. The maximum absolute atomic E-state index is 12.9. The molecule has 0 spiro atoms. The van der Waals surface area contributed by atoms with Crippen molar-refractivity contribution in [3.8, 4) is 0 Å². The SMILES string of the molecule is O=C(CCc1ccc(NS(=O)(=O)Cc2ccc(F)cc2)cc1)N1CCCC1. The first-order valence-corrected chi connectivity index (χ1v) is 10.7. The number of sulfonamides is 1. The van der Waals surface area contributed by atoms with E-state index in [4.69, 9.17) is 0 Å². The molecule has 0 aliphatic carbocycles. The molecule has 0 atom stereocenters. The van der Waals surface area contributed by atoms with Gasteiger partial charge in [-0.3, -0.25) is 9.52 Å². The summed E-state index contributed by atoms with van der Waals surface area (Å²) in [5.41, 5.74) is 1.97. The second kappa shape index (κ2) is 8.52. The molecule has 144 valence electrons. The fourth-order valence-corrected chi connectivity index (χ4v) is 4.33. The van der Waals surface area contributed by atoms with Crippen LogP contribution in [0.4, 0.5) is 10.1 Å². The summed E-state index contributed by atoms with van der Waals surface area (Å²) in [7, 11) is -3.58. The Bertz CT molecular complexity index is 874. The van der Waals surface area contributed by atoms with Crippen LogP contribution in [0.1, 0.15) is 30.4 Å². The van der Waals surface area contributed by atoms with E-state index in [0.717, 1.165) is 31.5 Å². The molecule has 0 radical (unpaired) electrons. The molecule has 7 heteroatoms. The molecule has 0 saturated carbocycles. The third-order valence-corrected chi connectivity index (χ3v) is 5.84. The number of anilines is 1. The Balaban J connectivity index is 1.53. The molecule has 5 nitrogen and oxygen atoms in total. The Morgan fingerprint density at radius 2 is 1.56 bits per heavy atom. The lowest BCUT2D eigenvalue weighted by Crippen LogP contribution is -2.27. The van der Waals surface area contributed by atoms with Crippen LogP contribution < -0.4 is 4.72 Å². The number of aryl methyl sites for hydroxylation is 1. The van der Waals surface area contributed by atoms with Crippen molar-refractivity contribution in [1.82, 2.24) is 4.90 Å². The summed E-state index contributed by atoms with van der Waals surface area (Å²) in [5.74, 6) is -0.446.